The van der Waals surface area contributed by atoms with Gasteiger partial charge in [-0.25, -0.2) is 0 Å². The van der Waals surface area contributed by atoms with Crippen molar-refractivity contribution in [2.75, 3.05) is 27.3 Å². The smallest absolute Gasteiger partial charge is 0.377 e. The Morgan fingerprint density at radius 3 is 1.89 bits per heavy atom. The lowest BCUT2D eigenvalue weighted by molar-refractivity contribution is -0.193. The number of hydrogen-bond acceptors (Lipinski definition) is 4. The third-order valence-corrected chi connectivity index (χ3v) is 3.14. The maximum absolute atomic E-state index is 12.7. The summed E-state index contributed by atoms with van der Waals surface area (Å²) in [7, 11) is 2.83. The zero-order valence-electron chi connectivity index (χ0n) is 10.5. The minimum atomic E-state index is -4.79. The van der Waals surface area contributed by atoms with Crippen molar-refractivity contribution in [3.8, 4) is 0 Å². The topological polar surface area (TPSA) is 64.8 Å². The van der Waals surface area contributed by atoms with Gasteiger partial charge >= 0.3 is 6.18 Å². The van der Waals surface area contributed by atoms with E-state index in [1.165, 1.54) is 14.2 Å². The summed E-state index contributed by atoms with van der Waals surface area (Å²) in [5, 5.41) is 0. The Morgan fingerprint density at radius 1 is 1.22 bits per heavy atom. The molecule has 0 aromatic heterocycles. The second-order valence-corrected chi connectivity index (χ2v) is 4.46. The van der Waals surface area contributed by atoms with E-state index in [0.717, 1.165) is 4.90 Å². The van der Waals surface area contributed by atoms with Crippen molar-refractivity contribution in [1.82, 2.24) is 4.90 Å². The van der Waals surface area contributed by atoms with Gasteiger partial charge in [0.05, 0.1) is 0 Å². The van der Waals surface area contributed by atoms with Gasteiger partial charge in [0.2, 0.25) is 0 Å². The molecule has 8 heteroatoms. The Morgan fingerprint density at radius 2 is 1.61 bits per heavy atom. The van der Waals surface area contributed by atoms with Crippen molar-refractivity contribution in [1.29, 1.82) is 0 Å². The van der Waals surface area contributed by atoms with Crippen LogP contribution in [0.1, 0.15) is 6.92 Å². The molecular formula is C10H17F3N2O3. The monoisotopic (exact) mass is 270 g/mol. The standard InChI is InChI=1S/C10H17F3N2O3/c1-9(14,10(11,12)13)8(16)15-4-6(17-2)7(5-15)18-3/h6-7H,4-5,14H2,1-3H3. The zero-order chi connectivity index (χ0) is 14.1. The van der Waals surface area contributed by atoms with E-state index in [4.69, 9.17) is 15.2 Å². The largest absolute Gasteiger partial charge is 0.415 e. The van der Waals surface area contributed by atoms with Gasteiger partial charge in [-0.2, -0.15) is 13.2 Å². The summed E-state index contributed by atoms with van der Waals surface area (Å²) in [4.78, 5) is 12.8. The van der Waals surface area contributed by atoms with E-state index in [1.54, 1.807) is 0 Å². The Kier molecular flexibility index (Phi) is 4.24. The average Bonchev–Trinajstić information content (AvgIpc) is 2.69. The lowest BCUT2D eigenvalue weighted by Crippen LogP contribution is -2.62. The number of carbonyl (C=O) groups excluding carboxylic acids is 1. The summed E-state index contributed by atoms with van der Waals surface area (Å²) in [5.74, 6) is -1.17. The van der Waals surface area contributed by atoms with Gasteiger partial charge in [-0.3, -0.25) is 4.79 Å². The fourth-order valence-corrected chi connectivity index (χ4v) is 1.81. The van der Waals surface area contributed by atoms with Crippen molar-refractivity contribution in [3.05, 3.63) is 0 Å². The van der Waals surface area contributed by atoms with Crippen LogP contribution in [0.5, 0.6) is 0 Å². The van der Waals surface area contributed by atoms with E-state index in [-0.39, 0.29) is 13.1 Å². The molecule has 106 valence electrons. The molecule has 0 bridgehead atoms. The summed E-state index contributed by atoms with van der Waals surface area (Å²) in [6.07, 6.45) is -5.68. The number of nitrogens with zero attached hydrogens (tertiary/aromatic N) is 1. The first-order valence-electron chi connectivity index (χ1n) is 5.35. The molecule has 1 aliphatic rings. The predicted molar refractivity (Wildman–Crippen MR) is 56.8 cm³/mol. The molecule has 0 aromatic carbocycles. The molecule has 0 aliphatic carbocycles. The third-order valence-electron chi connectivity index (χ3n) is 3.14. The van der Waals surface area contributed by atoms with Crippen LogP contribution in [0.3, 0.4) is 0 Å². The normalized spacial score (nSPS) is 28.3. The number of alkyl halides is 3. The van der Waals surface area contributed by atoms with Gasteiger partial charge in [-0.05, 0) is 6.92 Å². The van der Waals surface area contributed by atoms with Crippen LogP contribution in [0, 0.1) is 0 Å². The molecule has 0 spiro atoms. The van der Waals surface area contributed by atoms with Gasteiger partial charge in [-0.15, -0.1) is 0 Å². The average molecular weight is 270 g/mol. The van der Waals surface area contributed by atoms with Gasteiger partial charge in [0.25, 0.3) is 5.91 Å². The highest BCUT2D eigenvalue weighted by atomic mass is 19.4. The van der Waals surface area contributed by atoms with Crippen LogP contribution >= 0.6 is 0 Å². The minimum absolute atomic E-state index is 0.0384. The summed E-state index contributed by atoms with van der Waals surface area (Å²) >= 11 is 0. The number of hydrogen-bond donors (Lipinski definition) is 1. The molecule has 0 saturated carbocycles. The van der Waals surface area contributed by atoms with Crippen molar-refractivity contribution < 1.29 is 27.4 Å². The molecule has 1 saturated heterocycles. The highest BCUT2D eigenvalue weighted by Crippen LogP contribution is 2.31. The molecule has 1 rings (SSSR count). The Labute approximate surface area is 103 Å². The molecular weight excluding hydrogens is 253 g/mol. The Balaban J connectivity index is 2.82. The van der Waals surface area contributed by atoms with E-state index in [2.05, 4.69) is 0 Å². The Bertz CT molecular complexity index is 308. The molecule has 0 radical (unpaired) electrons. The summed E-state index contributed by atoms with van der Waals surface area (Å²) in [6, 6.07) is 0. The number of nitrogens with two attached hydrogens (primary N) is 1. The molecule has 1 fully saturated rings. The fourth-order valence-electron chi connectivity index (χ4n) is 1.81. The number of ether oxygens (including phenoxy) is 2. The molecule has 1 aliphatic heterocycles. The number of amides is 1. The maximum atomic E-state index is 12.7. The molecule has 2 N–H and O–H groups in total. The lowest BCUT2D eigenvalue weighted by atomic mass is 10.0. The fraction of sp³-hybridized carbons (Fsp3) is 0.900. The first kappa shape index (κ1) is 15.2. The molecule has 5 nitrogen and oxygen atoms in total. The van der Waals surface area contributed by atoms with E-state index < -0.39 is 29.8 Å². The lowest BCUT2D eigenvalue weighted by Gasteiger charge is -2.30. The van der Waals surface area contributed by atoms with Gasteiger partial charge in [0.15, 0.2) is 5.54 Å². The van der Waals surface area contributed by atoms with Crippen LogP contribution in [0.4, 0.5) is 13.2 Å². The van der Waals surface area contributed by atoms with Crippen molar-refractivity contribution >= 4 is 5.91 Å². The Hall–Kier alpha value is -0.860. The van der Waals surface area contributed by atoms with E-state index in [1.807, 2.05) is 0 Å². The predicted octanol–water partition coefficient (Wildman–Crippen LogP) is 0.138. The van der Waals surface area contributed by atoms with Crippen molar-refractivity contribution in [2.24, 2.45) is 5.73 Å². The number of carbonyl (C=O) groups is 1. The van der Waals surface area contributed by atoms with Gasteiger partial charge < -0.3 is 20.1 Å². The van der Waals surface area contributed by atoms with Gasteiger partial charge in [-0.1, -0.05) is 0 Å². The highest BCUT2D eigenvalue weighted by Gasteiger charge is 2.56. The summed E-state index contributed by atoms with van der Waals surface area (Å²) in [6.45, 7) is 0.741. The molecule has 3 unspecified atom stereocenters. The zero-order valence-corrected chi connectivity index (χ0v) is 10.5. The van der Waals surface area contributed by atoms with E-state index in [0.29, 0.717) is 6.92 Å². The first-order chi connectivity index (χ1) is 8.15. The SMILES string of the molecule is COC1CN(C(=O)C(C)(N)C(F)(F)F)CC1OC. The van der Waals surface area contributed by atoms with Crippen LogP contribution in [0.25, 0.3) is 0 Å². The van der Waals surface area contributed by atoms with Gasteiger partial charge in [0.1, 0.15) is 12.2 Å². The van der Waals surface area contributed by atoms with Crippen LogP contribution in [0.15, 0.2) is 0 Å². The van der Waals surface area contributed by atoms with Crippen LogP contribution in [-0.2, 0) is 14.3 Å². The summed E-state index contributed by atoms with van der Waals surface area (Å²) < 4.78 is 48.1. The second kappa shape index (κ2) is 5.02. The van der Waals surface area contributed by atoms with Crippen LogP contribution < -0.4 is 5.73 Å². The number of likely N-dealkylation sites (tertiary alicyclic amines) is 1. The van der Waals surface area contributed by atoms with Crippen LogP contribution in [-0.4, -0.2) is 62.0 Å². The van der Waals surface area contributed by atoms with Crippen molar-refractivity contribution in [3.63, 3.8) is 0 Å². The second-order valence-electron chi connectivity index (χ2n) is 4.46. The molecule has 0 aromatic rings. The third kappa shape index (κ3) is 2.60. The quantitative estimate of drug-likeness (QED) is 0.792. The minimum Gasteiger partial charge on any atom is -0.377 e. The van der Waals surface area contributed by atoms with E-state index >= 15 is 0 Å². The number of halogens is 3. The van der Waals surface area contributed by atoms with Gasteiger partial charge in [0, 0.05) is 27.3 Å². The van der Waals surface area contributed by atoms with Crippen molar-refractivity contribution in [2.45, 2.75) is 30.8 Å². The molecule has 1 amide bonds. The number of methoxy groups -OCH3 is 2. The molecule has 1 heterocycles. The first-order valence-corrected chi connectivity index (χ1v) is 5.35. The van der Waals surface area contributed by atoms with E-state index in [9.17, 15) is 18.0 Å². The highest BCUT2D eigenvalue weighted by molar-refractivity contribution is 5.87. The maximum Gasteiger partial charge on any atom is 0.415 e. The van der Waals surface area contributed by atoms with Crippen LogP contribution in [0.2, 0.25) is 0 Å². The number of rotatable bonds is 3. The summed E-state index contributed by atoms with van der Waals surface area (Å²) in [5.41, 5.74) is 2.20. The molecule has 18 heavy (non-hydrogen) atoms. The molecule has 3 atom stereocenters.